The molecule has 0 aliphatic heterocycles. The van der Waals surface area contributed by atoms with Gasteiger partial charge in [-0.2, -0.15) is 13.2 Å². The molecular weight excluding hydrogens is 642 g/mol. The van der Waals surface area contributed by atoms with Gasteiger partial charge < -0.3 is 10.5 Å². The van der Waals surface area contributed by atoms with Crippen LogP contribution in [0.15, 0.2) is 72.9 Å². The average Bonchev–Trinajstić information content (AvgIpc) is 3.56. The number of carbonyl (C=O) groups excluding carboxylic acids is 1. The Kier molecular flexibility index (Phi) is 8.08. The van der Waals surface area contributed by atoms with Crippen molar-refractivity contribution in [2.45, 2.75) is 37.2 Å². The van der Waals surface area contributed by atoms with Crippen LogP contribution in [0.3, 0.4) is 0 Å². The summed E-state index contributed by atoms with van der Waals surface area (Å²) in [6.45, 7) is 1.29. The third-order valence-electron chi connectivity index (χ3n) is 7.29. The molecule has 2 aromatic carbocycles. The van der Waals surface area contributed by atoms with Crippen LogP contribution in [0.2, 0.25) is 0 Å². The Morgan fingerprint density at radius 1 is 1.00 bits per heavy atom. The molecule has 2 N–H and O–H groups in total. The van der Waals surface area contributed by atoms with Crippen molar-refractivity contribution in [1.82, 2.24) is 24.5 Å². The van der Waals surface area contributed by atoms with Gasteiger partial charge in [0.25, 0.3) is 5.91 Å². The van der Waals surface area contributed by atoms with Crippen molar-refractivity contribution < 1.29 is 44.3 Å². The van der Waals surface area contributed by atoms with Crippen molar-refractivity contribution in [3.05, 3.63) is 95.7 Å². The molecule has 1 unspecified atom stereocenters. The third kappa shape index (κ3) is 6.14. The molecule has 46 heavy (non-hydrogen) atoms. The highest BCUT2D eigenvalue weighted by atomic mass is 32.2. The minimum Gasteiger partial charge on any atom is -0.406 e. The van der Waals surface area contributed by atoms with E-state index in [0.717, 1.165) is 33.8 Å². The van der Waals surface area contributed by atoms with Gasteiger partial charge in [0.05, 0.1) is 29.7 Å². The lowest BCUT2D eigenvalue weighted by atomic mass is 9.90. The van der Waals surface area contributed by atoms with Crippen LogP contribution in [0.1, 0.15) is 34.0 Å². The molecule has 0 spiro atoms. The molecule has 5 rings (SSSR count). The second-order valence-electron chi connectivity index (χ2n) is 10.4. The number of alkyl halides is 6. The van der Waals surface area contributed by atoms with Gasteiger partial charge in [-0.3, -0.25) is 9.36 Å². The Balaban J connectivity index is 1.82. The lowest BCUT2D eigenvalue weighted by Crippen LogP contribution is -2.47. The van der Waals surface area contributed by atoms with Gasteiger partial charge in [-0.15, -0.1) is 18.3 Å². The fourth-order valence-electron chi connectivity index (χ4n) is 5.45. The zero-order chi connectivity index (χ0) is 33.7. The number of imidazole rings is 1. The number of sulfone groups is 1. The summed E-state index contributed by atoms with van der Waals surface area (Å²) in [5, 5.41) is 7.97. The number of benzene rings is 2. The van der Waals surface area contributed by atoms with Gasteiger partial charge in [0, 0.05) is 18.2 Å². The summed E-state index contributed by atoms with van der Waals surface area (Å²) in [5.74, 6) is -1.98. The number of allylic oxidation sites excluding steroid dienone is 3. The van der Waals surface area contributed by atoms with E-state index in [2.05, 4.69) is 20.0 Å². The number of nitrogens with two attached hydrogens (primary N) is 1. The molecule has 1 aliphatic rings. The van der Waals surface area contributed by atoms with Crippen LogP contribution in [0.4, 0.5) is 26.3 Å². The highest BCUT2D eigenvalue weighted by Gasteiger charge is 2.53. The normalized spacial score (nSPS) is 17.4. The van der Waals surface area contributed by atoms with Crippen molar-refractivity contribution in [3.63, 3.8) is 0 Å². The van der Waals surface area contributed by atoms with E-state index < -0.39 is 56.7 Å². The van der Waals surface area contributed by atoms with Crippen LogP contribution in [-0.4, -0.2) is 57.7 Å². The monoisotopic (exact) mass is 666 g/mol. The summed E-state index contributed by atoms with van der Waals surface area (Å²) in [6.07, 6.45) is -7.02. The summed E-state index contributed by atoms with van der Waals surface area (Å²) in [6, 6.07) is 13.0. The first kappa shape index (κ1) is 32.5. The molecule has 0 bridgehead atoms. The predicted octanol–water partition coefficient (Wildman–Crippen LogP) is 5.28. The van der Waals surface area contributed by atoms with Gasteiger partial charge in [-0.25, -0.2) is 18.1 Å². The highest BCUT2D eigenvalue weighted by molar-refractivity contribution is 7.91. The number of halogens is 6. The minimum absolute atomic E-state index is 0.00513. The molecule has 4 aromatic rings. The van der Waals surface area contributed by atoms with Gasteiger partial charge in [0.1, 0.15) is 17.3 Å². The fourth-order valence-corrected chi connectivity index (χ4v) is 6.86. The van der Waals surface area contributed by atoms with Gasteiger partial charge in [-0.05, 0) is 48.4 Å². The summed E-state index contributed by atoms with van der Waals surface area (Å²) < 4.78 is 114. The molecule has 0 fully saturated rings. The molecule has 0 saturated heterocycles. The Hall–Kier alpha value is -4.93. The van der Waals surface area contributed by atoms with Crippen molar-refractivity contribution in [1.29, 1.82) is 0 Å². The van der Waals surface area contributed by atoms with Crippen LogP contribution < -0.4 is 10.5 Å². The predicted molar refractivity (Wildman–Crippen MR) is 154 cm³/mol. The lowest BCUT2D eigenvalue weighted by Gasteiger charge is -2.39. The number of ether oxygens (including phenoxy) is 1. The average molecular weight is 667 g/mol. The van der Waals surface area contributed by atoms with Crippen LogP contribution in [0, 0.1) is 6.92 Å². The van der Waals surface area contributed by atoms with Crippen molar-refractivity contribution >= 4 is 27.0 Å². The van der Waals surface area contributed by atoms with Crippen molar-refractivity contribution in [2.75, 3.05) is 6.26 Å². The van der Waals surface area contributed by atoms with E-state index in [-0.39, 0.29) is 29.2 Å². The minimum atomic E-state index is -4.96. The van der Waals surface area contributed by atoms with Crippen LogP contribution in [0.25, 0.3) is 22.5 Å². The maximum absolute atomic E-state index is 14.2. The third-order valence-corrected chi connectivity index (χ3v) is 9.04. The first-order chi connectivity index (χ1) is 21.4. The van der Waals surface area contributed by atoms with E-state index in [4.69, 9.17) is 5.73 Å². The van der Waals surface area contributed by atoms with E-state index in [1.165, 1.54) is 31.2 Å². The first-order valence-corrected chi connectivity index (χ1v) is 15.2. The smallest absolute Gasteiger partial charge is 0.406 e. The number of nitrogens with zero attached hydrogens (tertiary/aromatic N) is 5. The molecule has 0 saturated carbocycles. The zero-order valence-electron chi connectivity index (χ0n) is 24.0. The number of hydrogen-bond acceptors (Lipinski definition) is 7. The SMILES string of the molecule is Cc1nc(C(N)=O)c(CC(F)(F)F)n1C1=CC=C(c2ccccc2)CC1(n1nncc1-c1ccc(OC(F)(F)F)cc1)S(C)(=O)=O. The quantitative estimate of drug-likeness (QED) is 0.253. The number of amides is 1. The number of primary amides is 1. The topological polar surface area (TPSA) is 135 Å². The van der Waals surface area contributed by atoms with Gasteiger partial charge >= 0.3 is 12.5 Å². The van der Waals surface area contributed by atoms with Gasteiger partial charge in [0.2, 0.25) is 4.87 Å². The molecule has 2 heterocycles. The number of hydrogen-bond donors (Lipinski definition) is 1. The second-order valence-corrected chi connectivity index (χ2v) is 12.6. The highest BCUT2D eigenvalue weighted by Crippen LogP contribution is 2.48. The van der Waals surface area contributed by atoms with Crippen LogP contribution in [-0.2, 0) is 21.1 Å². The fraction of sp³-hybridized carbons (Fsp3) is 0.241. The van der Waals surface area contributed by atoms with E-state index in [0.29, 0.717) is 11.1 Å². The molecule has 242 valence electrons. The Labute approximate surface area is 257 Å². The molecule has 10 nitrogen and oxygen atoms in total. The summed E-state index contributed by atoms with van der Waals surface area (Å²) in [7, 11) is -4.47. The summed E-state index contributed by atoms with van der Waals surface area (Å²) >= 11 is 0. The Morgan fingerprint density at radius 2 is 1.65 bits per heavy atom. The number of aryl methyl sites for hydroxylation is 1. The molecule has 1 amide bonds. The first-order valence-electron chi connectivity index (χ1n) is 13.3. The van der Waals surface area contributed by atoms with E-state index in [1.54, 1.807) is 30.3 Å². The standard InChI is InChI=1S/C29H24F6N6O4S/c1-17-38-25(26(36)42)22(15-28(30,31)32)40(17)24-13-10-20(18-6-4-3-5-7-18)14-27(24,46(2,43)44)41-23(16-37-39-41)19-8-11-21(12-9-19)45-29(33,34)35/h3-13,16H,14-15H2,1-2H3,(H2,36,42). The van der Waals surface area contributed by atoms with E-state index in [9.17, 15) is 39.6 Å². The largest absolute Gasteiger partial charge is 0.573 e. The van der Waals surface area contributed by atoms with Crippen LogP contribution >= 0.6 is 0 Å². The maximum Gasteiger partial charge on any atom is 0.573 e. The zero-order valence-corrected chi connectivity index (χ0v) is 24.8. The second kappa shape index (κ2) is 11.5. The lowest BCUT2D eigenvalue weighted by molar-refractivity contribution is -0.274. The molecule has 1 aliphatic carbocycles. The number of carbonyl (C=O) groups is 1. The van der Waals surface area contributed by atoms with Crippen LogP contribution in [0.5, 0.6) is 5.75 Å². The van der Waals surface area contributed by atoms with Crippen molar-refractivity contribution in [3.8, 4) is 17.0 Å². The van der Waals surface area contributed by atoms with E-state index in [1.807, 2.05) is 0 Å². The molecule has 2 aromatic heterocycles. The maximum atomic E-state index is 14.2. The molecule has 17 heteroatoms. The molecule has 1 atom stereocenters. The Morgan fingerprint density at radius 3 is 2.22 bits per heavy atom. The molecule has 0 radical (unpaired) electrons. The number of aromatic nitrogens is 5. The number of rotatable bonds is 8. The van der Waals surface area contributed by atoms with Gasteiger partial charge in [0.15, 0.2) is 9.84 Å². The molecular formula is C29H24F6N6O4S. The van der Waals surface area contributed by atoms with E-state index >= 15 is 0 Å². The summed E-state index contributed by atoms with van der Waals surface area (Å²) in [4.78, 5) is 13.9. The Bertz CT molecular complexity index is 1960. The summed E-state index contributed by atoms with van der Waals surface area (Å²) in [5.41, 5.74) is 4.95. The van der Waals surface area contributed by atoms with Crippen molar-refractivity contribution in [2.24, 2.45) is 5.73 Å². The van der Waals surface area contributed by atoms with Gasteiger partial charge in [-0.1, -0.05) is 41.6 Å².